The van der Waals surface area contributed by atoms with Gasteiger partial charge in [0.1, 0.15) is 0 Å². The number of hydrogen-bond acceptors (Lipinski definition) is 3. The molecule has 0 radical (unpaired) electrons. The Labute approximate surface area is 81.1 Å². The van der Waals surface area contributed by atoms with Gasteiger partial charge in [-0.1, -0.05) is 0 Å². The molecule has 1 atom stereocenters. The van der Waals surface area contributed by atoms with E-state index in [0.717, 1.165) is 38.9 Å². The van der Waals surface area contributed by atoms with E-state index in [2.05, 4.69) is 17.3 Å². The molecule has 1 rings (SSSR count). The second-order valence-electron chi connectivity index (χ2n) is 4.27. The number of nitrogens with one attached hydrogen (secondary N) is 1. The van der Waals surface area contributed by atoms with Crippen LogP contribution in [0.15, 0.2) is 0 Å². The highest BCUT2D eigenvalue weighted by Crippen LogP contribution is 2.22. The zero-order chi connectivity index (χ0) is 9.73. The molecule has 0 aliphatic carbocycles. The number of likely N-dealkylation sites (tertiary alicyclic amines) is 1. The maximum Gasteiger partial charge on any atom is 0.0786 e. The highest BCUT2D eigenvalue weighted by Gasteiger charge is 2.29. The van der Waals surface area contributed by atoms with Crippen LogP contribution in [0, 0.1) is 0 Å². The molecule has 0 spiro atoms. The molecule has 3 nitrogen and oxygen atoms in total. The van der Waals surface area contributed by atoms with E-state index < -0.39 is 5.60 Å². The van der Waals surface area contributed by atoms with E-state index in [0.29, 0.717) is 0 Å². The van der Waals surface area contributed by atoms with Gasteiger partial charge in [-0.3, -0.25) is 0 Å². The third-order valence-corrected chi connectivity index (χ3v) is 2.84. The second-order valence-corrected chi connectivity index (χ2v) is 4.27. The summed E-state index contributed by atoms with van der Waals surface area (Å²) in [4.78, 5) is 2.24. The van der Waals surface area contributed by atoms with E-state index in [1.807, 2.05) is 7.05 Å². The molecule has 0 saturated carbocycles. The average molecular weight is 186 g/mol. The summed E-state index contributed by atoms with van der Waals surface area (Å²) in [5.74, 6) is 0. The number of β-amino-alcohol motifs (C(OH)–C–C–N with tert-alkyl or cyclic N) is 1. The zero-order valence-corrected chi connectivity index (χ0v) is 8.84. The lowest BCUT2D eigenvalue weighted by atomic mass is 9.94. The number of rotatable bonds is 3. The largest absolute Gasteiger partial charge is 0.389 e. The SMILES string of the molecule is CNCCC1(O)CCCCN(C)C1. The van der Waals surface area contributed by atoms with E-state index in [4.69, 9.17) is 0 Å². The molecule has 1 saturated heterocycles. The highest BCUT2D eigenvalue weighted by molar-refractivity contribution is 4.84. The van der Waals surface area contributed by atoms with Crippen molar-refractivity contribution < 1.29 is 5.11 Å². The number of likely N-dealkylation sites (N-methyl/N-ethyl adjacent to an activating group) is 1. The zero-order valence-electron chi connectivity index (χ0n) is 8.84. The standard InChI is InChI=1S/C10H22N2O/c1-11-7-6-10(13)5-3-4-8-12(2)9-10/h11,13H,3-9H2,1-2H3. The van der Waals surface area contributed by atoms with Crippen molar-refractivity contribution in [2.45, 2.75) is 31.3 Å². The molecule has 1 aliphatic heterocycles. The fourth-order valence-corrected chi connectivity index (χ4v) is 2.06. The van der Waals surface area contributed by atoms with Gasteiger partial charge in [-0.2, -0.15) is 0 Å². The van der Waals surface area contributed by atoms with E-state index in [1.54, 1.807) is 0 Å². The van der Waals surface area contributed by atoms with Gasteiger partial charge < -0.3 is 15.3 Å². The number of nitrogens with zero attached hydrogens (tertiary/aromatic N) is 1. The monoisotopic (exact) mass is 186 g/mol. The van der Waals surface area contributed by atoms with Gasteiger partial charge >= 0.3 is 0 Å². The van der Waals surface area contributed by atoms with E-state index in [1.165, 1.54) is 6.42 Å². The molecule has 0 amide bonds. The van der Waals surface area contributed by atoms with Gasteiger partial charge in [-0.05, 0) is 52.9 Å². The van der Waals surface area contributed by atoms with E-state index >= 15 is 0 Å². The van der Waals surface area contributed by atoms with Crippen LogP contribution in [-0.4, -0.2) is 49.3 Å². The van der Waals surface area contributed by atoms with Crippen LogP contribution in [0.4, 0.5) is 0 Å². The van der Waals surface area contributed by atoms with Crippen LogP contribution in [0.25, 0.3) is 0 Å². The molecular formula is C10H22N2O. The molecule has 2 N–H and O–H groups in total. The molecule has 13 heavy (non-hydrogen) atoms. The Morgan fingerprint density at radius 3 is 2.92 bits per heavy atom. The molecule has 1 unspecified atom stereocenters. The molecule has 1 aliphatic rings. The van der Waals surface area contributed by atoms with Gasteiger partial charge in [0.2, 0.25) is 0 Å². The van der Waals surface area contributed by atoms with Gasteiger partial charge in [0, 0.05) is 6.54 Å². The van der Waals surface area contributed by atoms with E-state index in [-0.39, 0.29) is 0 Å². The van der Waals surface area contributed by atoms with Crippen LogP contribution in [0.3, 0.4) is 0 Å². The summed E-state index contributed by atoms with van der Waals surface area (Å²) in [6, 6.07) is 0. The topological polar surface area (TPSA) is 35.5 Å². The van der Waals surface area contributed by atoms with Crippen LogP contribution in [0.5, 0.6) is 0 Å². The first-order chi connectivity index (χ1) is 6.16. The third-order valence-electron chi connectivity index (χ3n) is 2.84. The van der Waals surface area contributed by atoms with Crippen LogP contribution < -0.4 is 5.32 Å². The molecule has 0 aromatic heterocycles. The Morgan fingerprint density at radius 2 is 2.23 bits per heavy atom. The molecule has 0 bridgehead atoms. The second kappa shape index (κ2) is 4.94. The quantitative estimate of drug-likeness (QED) is 0.671. The Balaban J connectivity index is 2.43. The summed E-state index contributed by atoms with van der Waals surface area (Å²) in [7, 11) is 4.03. The lowest BCUT2D eigenvalue weighted by Gasteiger charge is -2.29. The fourth-order valence-electron chi connectivity index (χ4n) is 2.06. The van der Waals surface area contributed by atoms with Crippen LogP contribution >= 0.6 is 0 Å². The minimum atomic E-state index is -0.450. The Bertz CT molecular complexity index is 152. The van der Waals surface area contributed by atoms with Crippen molar-refractivity contribution in [2.24, 2.45) is 0 Å². The Hall–Kier alpha value is -0.120. The van der Waals surface area contributed by atoms with Gasteiger partial charge in [0.25, 0.3) is 0 Å². The van der Waals surface area contributed by atoms with Crippen LogP contribution in [0.2, 0.25) is 0 Å². The minimum absolute atomic E-state index is 0.450. The molecule has 0 aromatic rings. The summed E-state index contributed by atoms with van der Waals surface area (Å²) in [6.07, 6.45) is 4.20. The first kappa shape index (κ1) is 11.0. The Kier molecular flexibility index (Phi) is 4.16. The number of aliphatic hydroxyl groups is 1. The highest BCUT2D eigenvalue weighted by atomic mass is 16.3. The van der Waals surface area contributed by atoms with Crippen molar-refractivity contribution in [2.75, 3.05) is 33.7 Å². The van der Waals surface area contributed by atoms with Crippen molar-refractivity contribution >= 4 is 0 Å². The normalized spacial score (nSPS) is 31.6. The maximum absolute atomic E-state index is 10.3. The summed E-state index contributed by atoms with van der Waals surface area (Å²) >= 11 is 0. The van der Waals surface area contributed by atoms with Crippen molar-refractivity contribution in [3.8, 4) is 0 Å². The summed E-state index contributed by atoms with van der Waals surface area (Å²) in [5, 5.41) is 13.4. The molecular weight excluding hydrogens is 164 g/mol. The number of hydrogen-bond donors (Lipinski definition) is 2. The predicted octanol–water partition coefficient (Wildman–Crippen LogP) is 0.443. The predicted molar refractivity (Wildman–Crippen MR) is 54.8 cm³/mol. The third kappa shape index (κ3) is 3.63. The average Bonchev–Trinajstić information content (AvgIpc) is 2.24. The molecule has 3 heteroatoms. The fraction of sp³-hybridized carbons (Fsp3) is 1.00. The first-order valence-corrected chi connectivity index (χ1v) is 5.22. The lowest BCUT2D eigenvalue weighted by molar-refractivity contribution is 0.00517. The van der Waals surface area contributed by atoms with Crippen LogP contribution in [0.1, 0.15) is 25.7 Å². The summed E-state index contributed by atoms with van der Waals surface area (Å²) in [6.45, 7) is 2.86. The molecule has 1 heterocycles. The molecule has 0 aromatic carbocycles. The van der Waals surface area contributed by atoms with Crippen LogP contribution in [-0.2, 0) is 0 Å². The van der Waals surface area contributed by atoms with Crippen molar-refractivity contribution in [3.63, 3.8) is 0 Å². The smallest absolute Gasteiger partial charge is 0.0786 e. The van der Waals surface area contributed by atoms with Crippen molar-refractivity contribution in [3.05, 3.63) is 0 Å². The first-order valence-electron chi connectivity index (χ1n) is 5.22. The molecule has 78 valence electrons. The lowest BCUT2D eigenvalue weighted by Crippen LogP contribution is -2.41. The van der Waals surface area contributed by atoms with E-state index in [9.17, 15) is 5.11 Å². The van der Waals surface area contributed by atoms with Gasteiger partial charge in [0.05, 0.1) is 5.60 Å². The van der Waals surface area contributed by atoms with Gasteiger partial charge in [-0.15, -0.1) is 0 Å². The van der Waals surface area contributed by atoms with Gasteiger partial charge in [-0.25, -0.2) is 0 Å². The summed E-state index contributed by atoms with van der Waals surface area (Å²) in [5.41, 5.74) is -0.450. The van der Waals surface area contributed by atoms with Crippen molar-refractivity contribution in [1.82, 2.24) is 10.2 Å². The minimum Gasteiger partial charge on any atom is -0.389 e. The molecule has 1 fully saturated rings. The van der Waals surface area contributed by atoms with Crippen molar-refractivity contribution in [1.29, 1.82) is 0 Å². The summed E-state index contributed by atoms with van der Waals surface area (Å²) < 4.78 is 0. The Morgan fingerprint density at radius 1 is 1.46 bits per heavy atom. The van der Waals surface area contributed by atoms with Gasteiger partial charge in [0.15, 0.2) is 0 Å². The maximum atomic E-state index is 10.3.